The second-order valence-corrected chi connectivity index (χ2v) is 4.75. The van der Waals surface area contributed by atoms with Gasteiger partial charge in [-0.15, -0.1) is 0 Å². The van der Waals surface area contributed by atoms with Crippen LogP contribution in [0.15, 0.2) is 22.8 Å². The summed E-state index contributed by atoms with van der Waals surface area (Å²) in [4.78, 5) is 11.7. The second-order valence-electron chi connectivity index (χ2n) is 4.75. The Hall–Kier alpha value is -1.33. The van der Waals surface area contributed by atoms with Gasteiger partial charge in [-0.25, -0.2) is 0 Å². The van der Waals surface area contributed by atoms with Gasteiger partial charge in [0.1, 0.15) is 12.4 Å². The van der Waals surface area contributed by atoms with Crippen LogP contribution in [-0.4, -0.2) is 24.6 Å². The molecule has 1 aromatic rings. The van der Waals surface area contributed by atoms with Crippen LogP contribution < -0.4 is 11.1 Å². The molecule has 0 atom stereocenters. The van der Waals surface area contributed by atoms with Crippen LogP contribution in [0.3, 0.4) is 0 Å². The van der Waals surface area contributed by atoms with Gasteiger partial charge in [0.2, 0.25) is 5.91 Å². The summed E-state index contributed by atoms with van der Waals surface area (Å²) in [5, 5.41) is 2.85. The Labute approximate surface area is 107 Å². The van der Waals surface area contributed by atoms with Gasteiger partial charge < -0.3 is 20.2 Å². The molecule has 5 heteroatoms. The number of furan rings is 1. The monoisotopic (exact) mass is 252 g/mol. The molecular formula is C13H20N2O3. The van der Waals surface area contributed by atoms with Gasteiger partial charge in [0.05, 0.1) is 11.8 Å². The van der Waals surface area contributed by atoms with E-state index in [-0.39, 0.29) is 5.91 Å². The Morgan fingerprint density at radius 2 is 2.39 bits per heavy atom. The van der Waals surface area contributed by atoms with Crippen molar-refractivity contribution >= 4 is 5.91 Å². The Morgan fingerprint density at radius 1 is 1.56 bits per heavy atom. The van der Waals surface area contributed by atoms with Gasteiger partial charge in [-0.2, -0.15) is 0 Å². The summed E-state index contributed by atoms with van der Waals surface area (Å²) in [6, 6.07) is 3.70. The van der Waals surface area contributed by atoms with Crippen LogP contribution in [0.2, 0.25) is 0 Å². The molecule has 1 aliphatic rings. The zero-order valence-electron chi connectivity index (χ0n) is 10.5. The van der Waals surface area contributed by atoms with Crippen molar-refractivity contribution < 1.29 is 13.9 Å². The number of amides is 1. The topological polar surface area (TPSA) is 77.5 Å². The fourth-order valence-corrected chi connectivity index (χ4v) is 1.90. The average Bonchev–Trinajstić information content (AvgIpc) is 2.83. The number of hydrogen-bond donors (Lipinski definition) is 2. The molecule has 18 heavy (non-hydrogen) atoms. The number of nitrogens with two attached hydrogens (primary N) is 1. The Bertz CT molecular complexity index is 372. The van der Waals surface area contributed by atoms with Crippen molar-refractivity contribution in [3.63, 3.8) is 0 Å². The molecular weight excluding hydrogens is 232 g/mol. The van der Waals surface area contributed by atoms with E-state index in [9.17, 15) is 4.79 Å². The van der Waals surface area contributed by atoms with E-state index in [4.69, 9.17) is 14.9 Å². The summed E-state index contributed by atoms with van der Waals surface area (Å²) in [6.45, 7) is 1.68. The van der Waals surface area contributed by atoms with Gasteiger partial charge in [-0.05, 0) is 37.8 Å². The van der Waals surface area contributed by atoms with Gasteiger partial charge in [-0.3, -0.25) is 4.79 Å². The van der Waals surface area contributed by atoms with Crippen molar-refractivity contribution in [3.8, 4) is 0 Å². The smallest absolute Gasteiger partial charge is 0.240 e. The molecule has 5 nitrogen and oxygen atoms in total. The van der Waals surface area contributed by atoms with Crippen molar-refractivity contribution in [2.45, 2.75) is 37.8 Å². The number of carbonyl (C=O) groups is 1. The highest BCUT2D eigenvalue weighted by Gasteiger charge is 2.39. The number of carbonyl (C=O) groups excluding carboxylic acids is 1. The molecule has 100 valence electrons. The van der Waals surface area contributed by atoms with Crippen molar-refractivity contribution in [1.29, 1.82) is 0 Å². The first-order valence-electron chi connectivity index (χ1n) is 6.38. The Balaban J connectivity index is 1.50. The molecule has 1 heterocycles. The van der Waals surface area contributed by atoms with Crippen LogP contribution in [0, 0.1) is 0 Å². The Morgan fingerprint density at radius 3 is 3.00 bits per heavy atom. The highest BCUT2D eigenvalue weighted by Crippen LogP contribution is 2.28. The number of rotatable bonds is 7. The fourth-order valence-electron chi connectivity index (χ4n) is 1.90. The summed E-state index contributed by atoms with van der Waals surface area (Å²) in [6.07, 6.45) is 5.05. The maximum atomic E-state index is 11.7. The predicted octanol–water partition coefficient (Wildman–Crippen LogP) is 1.18. The maximum Gasteiger partial charge on any atom is 0.240 e. The quantitative estimate of drug-likeness (QED) is 0.714. The van der Waals surface area contributed by atoms with Crippen molar-refractivity contribution in [2.75, 3.05) is 13.2 Å². The average molecular weight is 252 g/mol. The van der Waals surface area contributed by atoms with Crippen LogP contribution in [0.4, 0.5) is 0 Å². The number of ether oxygens (including phenoxy) is 1. The van der Waals surface area contributed by atoms with Crippen molar-refractivity contribution in [1.82, 2.24) is 5.32 Å². The minimum Gasteiger partial charge on any atom is -0.467 e. The summed E-state index contributed by atoms with van der Waals surface area (Å²) < 4.78 is 10.5. The third-order valence-corrected chi connectivity index (χ3v) is 3.27. The lowest BCUT2D eigenvalue weighted by atomic mass is 9.77. The molecule has 0 spiro atoms. The molecule has 1 aliphatic carbocycles. The molecule has 0 aromatic carbocycles. The molecule has 0 aliphatic heterocycles. The van der Waals surface area contributed by atoms with E-state index in [1.54, 1.807) is 6.26 Å². The van der Waals surface area contributed by atoms with Gasteiger partial charge in [-0.1, -0.05) is 0 Å². The minimum atomic E-state index is -0.602. The summed E-state index contributed by atoms with van der Waals surface area (Å²) in [5.74, 6) is 0.786. The van der Waals surface area contributed by atoms with Gasteiger partial charge in [0, 0.05) is 13.2 Å². The second kappa shape index (κ2) is 6.02. The fraction of sp³-hybridized carbons (Fsp3) is 0.615. The normalized spacial score (nSPS) is 17.2. The summed E-state index contributed by atoms with van der Waals surface area (Å²) in [7, 11) is 0. The highest BCUT2D eigenvalue weighted by molar-refractivity contribution is 5.86. The molecule has 0 unspecified atom stereocenters. The van der Waals surface area contributed by atoms with Crippen LogP contribution >= 0.6 is 0 Å². The van der Waals surface area contributed by atoms with Crippen molar-refractivity contribution in [3.05, 3.63) is 24.2 Å². The molecule has 1 amide bonds. The molecule has 0 saturated heterocycles. The van der Waals surface area contributed by atoms with E-state index in [0.717, 1.165) is 31.4 Å². The van der Waals surface area contributed by atoms with Crippen LogP contribution in [0.5, 0.6) is 0 Å². The summed E-state index contributed by atoms with van der Waals surface area (Å²) in [5.41, 5.74) is 5.29. The van der Waals surface area contributed by atoms with E-state index < -0.39 is 5.54 Å². The first kappa shape index (κ1) is 13.1. The zero-order valence-corrected chi connectivity index (χ0v) is 10.5. The highest BCUT2D eigenvalue weighted by atomic mass is 16.5. The largest absolute Gasteiger partial charge is 0.467 e. The maximum absolute atomic E-state index is 11.7. The zero-order chi connectivity index (χ0) is 12.8. The molecule has 0 bridgehead atoms. The number of nitrogens with one attached hydrogen (secondary N) is 1. The van der Waals surface area contributed by atoms with Crippen LogP contribution in [0.1, 0.15) is 31.4 Å². The van der Waals surface area contributed by atoms with E-state index in [1.807, 2.05) is 12.1 Å². The standard InChI is InChI=1S/C13H20N2O3/c14-13(5-2-6-13)12(16)15-7-3-8-17-10-11-4-1-9-18-11/h1,4,9H,2-3,5-8,10,14H2,(H,15,16). The van der Waals surface area contributed by atoms with Gasteiger partial charge in [0.15, 0.2) is 0 Å². The Kier molecular flexibility index (Phi) is 4.38. The van der Waals surface area contributed by atoms with E-state index in [0.29, 0.717) is 19.8 Å². The lowest BCUT2D eigenvalue weighted by Gasteiger charge is -2.36. The van der Waals surface area contributed by atoms with Gasteiger partial charge in [0.25, 0.3) is 0 Å². The lowest BCUT2D eigenvalue weighted by Crippen LogP contribution is -2.58. The van der Waals surface area contributed by atoms with E-state index in [1.165, 1.54) is 0 Å². The molecule has 1 fully saturated rings. The molecule has 2 rings (SSSR count). The molecule has 1 saturated carbocycles. The molecule has 0 radical (unpaired) electrons. The first-order chi connectivity index (χ1) is 8.71. The minimum absolute atomic E-state index is 0.0280. The van der Waals surface area contributed by atoms with Crippen molar-refractivity contribution in [2.24, 2.45) is 5.73 Å². The summed E-state index contributed by atoms with van der Waals surface area (Å²) >= 11 is 0. The molecule has 3 N–H and O–H groups in total. The van der Waals surface area contributed by atoms with Crippen LogP contribution in [0.25, 0.3) is 0 Å². The SMILES string of the molecule is NC1(C(=O)NCCCOCc2ccco2)CCC1. The molecule has 1 aromatic heterocycles. The van der Waals surface area contributed by atoms with E-state index in [2.05, 4.69) is 5.32 Å². The first-order valence-corrected chi connectivity index (χ1v) is 6.38. The van der Waals surface area contributed by atoms with Gasteiger partial charge >= 0.3 is 0 Å². The third kappa shape index (κ3) is 3.34. The third-order valence-electron chi connectivity index (χ3n) is 3.27. The lowest BCUT2D eigenvalue weighted by molar-refractivity contribution is -0.129. The number of hydrogen-bond acceptors (Lipinski definition) is 4. The van der Waals surface area contributed by atoms with E-state index >= 15 is 0 Å². The predicted molar refractivity (Wildman–Crippen MR) is 66.8 cm³/mol. The van der Waals surface area contributed by atoms with Crippen LogP contribution in [-0.2, 0) is 16.1 Å².